The van der Waals surface area contributed by atoms with E-state index in [-0.39, 0.29) is 17.9 Å². The molecule has 0 N–H and O–H groups in total. The minimum absolute atomic E-state index is 0.101. The van der Waals surface area contributed by atoms with Gasteiger partial charge in [-0.15, -0.1) is 6.58 Å². The van der Waals surface area contributed by atoms with Gasteiger partial charge in [-0.05, 0) is 52.9 Å². The third kappa shape index (κ3) is 4.71. The van der Waals surface area contributed by atoms with E-state index in [4.69, 9.17) is 4.74 Å². The number of aryl methyl sites for hydroxylation is 1. The zero-order chi connectivity index (χ0) is 16.2. The average molecular weight is 289 g/mol. The molecule has 1 aromatic carbocycles. The maximum absolute atomic E-state index is 12.6. The Morgan fingerprint density at radius 2 is 1.86 bits per heavy atom. The van der Waals surface area contributed by atoms with E-state index in [9.17, 15) is 4.79 Å². The second-order valence-corrected chi connectivity index (χ2v) is 6.56. The summed E-state index contributed by atoms with van der Waals surface area (Å²) in [5.74, 6) is -0.322. The lowest BCUT2D eigenvalue weighted by Crippen LogP contribution is -2.44. The molecule has 1 aromatic rings. The number of benzene rings is 1. The van der Waals surface area contributed by atoms with Crippen LogP contribution in [0.15, 0.2) is 36.9 Å². The van der Waals surface area contributed by atoms with Gasteiger partial charge in [0.1, 0.15) is 11.6 Å². The molecule has 0 bridgehead atoms. The van der Waals surface area contributed by atoms with Crippen LogP contribution in [0.3, 0.4) is 0 Å². The van der Waals surface area contributed by atoms with E-state index >= 15 is 0 Å². The van der Waals surface area contributed by atoms with E-state index in [1.54, 1.807) is 0 Å². The zero-order valence-electron chi connectivity index (χ0n) is 14.0. The number of esters is 1. The minimum Gasteiger partial charge on any atom is -0.459 e. The number of carbonyl (C=O) groups excluding carboxylic acids is 1. The lowest BCUT2D eigenvalue weighted by atomic mass is 9.88. The molecule has 0 saturated heterocycles. The molecule has 2 atom stereocenters. The van der Waals surface area contributed by atoms with Crippen LogP contribution in [0.25, 0.3) is 0 Å². The van der Waals surface area contributed by atoms with Crippen molar-refractivity contribution in [1.29, 1.82) is 0 Å². The van der Waals surface area contributed by atoms with Crippen molar-refractivity contribution < 1.29 is 9.53 Å². The Kier molecular flexibility index (Phi) is 5.73. The standard InChI is InChI=1S/C18H27NO2/c1-8-14(15-12-10-9-11-13(15)2)16(19(6)7)17(20)21-18(3,4)5/h8-12,14,16H,1H2,2-7H3/t14-,16-/m0/s1. The van der Waals surface area contributed by atoms with Gasteiger partial charge in [-0.2, -0.15) is 0 Å². The summed E-state index contributed by atoms with van der Waals surface area (Å²) in [7, 11) is 3.78. The lowest BCUT2D eigenvalue weighted by molar-refractivity contribution is -0.160. The van der Waals surface area contributed by atoms with Crippen LogP contribution in [0.1, 0.15) is 37.8 Å². The quantitative estimate of drug-likeness (QED) is 0.613. The Morgan fingerprint density at radius 1 is 1.29 bits per heavy atom. The second-order valence-electron chi connectivity index (χ2n) is 6.56. The monoisotopic (exact) mass is 289 g/mol. The van der Waals surface area contributed by atoms with Crippen LogP contribution in [-0.2, 0) is 9.53 Å². The minimum atomic E-state index is -0.497. The van der Waals surface area contributed by atoms with Crippen molar-refractivity contribution >= 4 is 5.97 Å². The molecule has 0 amide bonds. The Hall–Kier alpha value is -1.61. The first-order valence-corrected chi connectivity index (χ1v) is 7.24. The molecular formula is C18H27NO2. The molecule has 0 heterocycles. The average Bonchev–Trinajstić information content (AvgIpc) is 2.34. The predicted molar refractivity (Wildman–Crippen MR) is 87.4 cm³/mol. The summed E-state index contributed by atoms with van der Waals surface area (Å²) in [6.45, 7) is 11.6. The highest BCUT2D eigenvalue weighted by atomic mass is 16.6. The number of hydrogen-bond acceptors (Lipinski definition) is 3. The molecule has 0 saturated carbocycles. The smallest absolute Gasteiger partial charge is 0.324 e. The van der Waals surface area contributed by atoms with Crippen LogP contribution in [0.2, 0.25) is 0 Å². The number of hydrogen-bond donors (Lipinski definition) is 0. The van der Waals surface area contributed by atoms with E-state index in [2.05, 4.69) is 6.58 Å². The third-order valence-electron chi connectivity index (χ3n) is 3.35. The summed E-state index contributed by atoms with van der Waals surface area (Å²) >= 11 is 0. The zero-order valence-corrected chi connectivity index (χ0v) is 14.0. The van der Waals surface area contributed by atoms with E-state index in [1.165, 1.54) is 0 Å². The molecule has 21 heavy (non-hydrogen) atoms. The molecule has 3 nitrogen and oxygen atoms in total. The molecule has 0 unspecified atom stereocenters. The van der Waals surface area contributed by atoms with Gasteiger partial charge in [0, 0.05) is 5.92 Å². The van der Waals surface area contributed by atoms with E-state index in [1.807, 2.05) is 77.0 Å². The summed E-state index contributed by atoms with van der Waals surface area (Å²) in [6, 6.07) is 7.69. The Bertz CT molecular complexity index is 500. The summed E-state index contributed by atoms with van der Waals surface area (Å²) in [5.41, 5.74) is 1.76. The summed E-state index contributed by atoms with van der Waals surface area (Å²) < 4.78 is 5.58. The number of nitrogens with zero attached hydrogens (tertiary/aromatic N) is 1. The topological polar surface area (TPSA) is 29.5 Å². The molecule has 0 radical (unpaired) electrons. The molecule has 0 spiro atoms. The van der Waals surface area contributed by atoms with Crippen LogP contribution >= 0.6 is 0 Å². The fourth-order valence-corrected chi connectivity index (χ4v) is 2.43. The molecule has 1 rings (SSSR count). The number of ether oxygens (including phenoxy) is 1. The van der Waals surface area contributed by atoms with Gasteiger partial charge in [0.05, 0.1) is 0 Å². The van der Waals surface area contributed by atoms with Crippen molar-refractivity contribution in [1.82, 2.24) is 4.90 Å². The molecule has 116 valence electrons. The lowest BCUT2D eigenvalue weighted by Gasteiger charge is -2.32. The van der Waals surface area contributed by atoms with Crippen LogP contribution in [0.4, 0.5) is 0 Å². The number of rotatable bonds is 5. The Morgan fingerprint density at radius 3 is 2.29 bits per heavy atom. The second kappa shape index (κ2) is 6.90. The van der Waals surface area contributed by atoms with Crippen molar-refractivity contribution in [3.05, 3.63) is 48.0 Å². The van der Waals surface area contributed by atoms with Gasteiger partial charge in [-0.3, -0.25) is 9.69 Å². The molecule has 0 aromatic heterocycles. The third-order valence-corrected chi connectivity index (χ3v) is 3.35. The van der Waals surface area contributed by atoms with E-state index < -0.39 is 5.60 Å². The summed E-state index contributed by atoms with van der Waals surface area (Å²) in [5, 5.41) is 0. The SMILES string of the molecule is C=C[C@@H](c1ccccc1C)[C@@H](C(=O)OC(C)(C)C)N(C)C. The Labute approximate surface area is 128 Å². The van der Waals surface area contributed by atoms with Gasteiger partial charge in [-0.25, -0.2) is 0 Å². The Balaban J connectivity index is 3.16. The predicted octanol–water partition coefficient (Wildman–Crippen LogP) is 3.54. The molecule has 0 aliphatic carbocycles. The summed E-state index contributed by atoms with van der Waals surface area (Å²) in [6.07, 6.45) is 1.83. The largest absolute Gasteiger partial charge is 0.459 e. The molecule has 0 fully saturated rings. The fraction of sp³-hybridized carbons (Fsp3) is 0.500. The van der Waals surface area contributed by atoms with Gasteiger partial charge in [0.25, 0.3) is 0 Å². The van der Waals surface area contributed by atoms with Crippen molar-refractivity contribution in [3.63, 3.8) is 0 Å². The van der Waals surface area contributed by atoms with Crippen LogP contribution in [0.5, 0.6) is 0 Å². The molecule has 3 heteroatoms. The maximum atomic E-state index is 12.6. The van der Waals surface area contributed by atoms with Crippen LogP contribution in [-0.4, -0.2) is 36.6 Å². The van der Waals surface area contributed by atoms with Gasteiger partial charge < -0.3 is 4.74 Å². The van der Waals surface area contributed by atoms with Crippen molar-refractivity contribution in [3.8, 4) is 0 Å². The first kappa shape index (κ1) is 17.4. The normalized spacial score (nSPS) is 14.6. The highest BCUT2D eigenvalue weighted by Gasteiger charge is 2.33. The number of carbonyl (C=O) groups is 1. The molecular weight excluding hydrogens is 262 g/mol. The first-order valence-electron chi connectivity index (χ1n) is 7.24. The van der Waals surface area contributed by atoms with E-state index in [0.29, 0.717) is 0 Å². The van der Waals surface area contributed by atoms with Gasteiger partial charge in [0.2, 0.25) is 0 Å². The van der Waals surface area contributed by atoms with Crippen molar-refractivity contribution in [2.75, 3.05) is 14.1 Å². The van der Waals surface area contributed by atoms with Gasteiger partial charge in [-0.1, -0.05) is 30.3 Å². The van der Waals surface area contributed by atoms with Gasteiger partial charge >= 0.3 is 5.97 Å². The highest BCUT2D eigenvalue weighted by molar-refractivity contribution is 5.78. The maximum Gasteiger partial charge on any atom is 0.324 e. The highest BCUT2D eigenvalue weighted by Crippen LogP contribution is 2.28. The number of likely N-dealkylation sites (N-methyl/N-ethyl adjacent to an activating group) is 1. The molecule has 0 aliphatic heterocycles. The van der Waals surface area contributed by atoms with Crippen molar-refractivity contribution in [2.45, 2.75) is 45.3 Å². The molecule has 0 aliphatic rings. The fourth-order valence-electron chi connectivity index (χ4n) is 2.43. The van der Waals surface area contributed by atoms with Crippen molar-refractivity contribution in [2.24, 2.45) is 0 Å². The van der Waals surface area contributed by atoms with Crippen LogP contribution in [0, 0.1) is 6.92 Å². The van der Waals surface area contributed by atoms with Gasteiger partial charge in [0.15, 0.2) is 0 Å². The van der Waals surface area contributed by atoms with E-state index in [0.717, 1.165) is 11.1 Å². The van der Waals surface area contributed by atoms with Crippen LogP contribution < -0.4 is 0 Å². The summed E-state index contributed by atoms with van der Waals surface area (Å²) in [4.78, 5) is 14.5. The first-order chi connectivity index (χ1) is 9.67.